The van der Waals surface area contributed by atoms with E-state index in [0.717, 1.165) is 36.4 Å². The van der Waals surface area contributed by atoms with Crippen LogP contribution in [0, 0.1) is 11.7 Å². The van der Waals surface area contributed by atoms with Gasteiger partial charge in [-0.25, -0.2) is 4.39 Å². The molecule has 2 aromatic carbocycles. The third-order valence-corrected chi connectivity index (χ3v) is 5.80. The van der Waals surface area contributed by atoms with Gasteiger partial charge < -0.3 is 10.2 Å². The molecule has 2 fully saturated rings. The third kappa shape index (κ3) is 4.50. The molecular weight excluding hydrogens is 363 g/mol. The van der Waals surface area contributed by atoms with Crippen molar-refractivity contribution in [2.75, 3.05) is 19.6 Å². The van der Waals surface area contributed by atoms with Crippen LogP contribution in [-0.2, 0) is 0 Å². The fraction of sp³-hybridized carbons (Fsp3) is 0.409. The van der Waals surface area contributed by atoms with Crippen LogP contribution in [0.3, 0.4) is 0 Å². The Balaban J connectivity index is 1.39. The second-order valence-corrected chi connectivity index (χ2v) is 8.06. The smallest absolute Gasteiger partial charge is 0.256 e. The van der Waals surface area contributed by atoms with Crippen molar-refractivity contribution < 1.29 is 9.18 Å². The summed E-state index contributed by atoms with van der Waals surface area (Å²) in [5.41, 5.74) is 1.76. The Hall–Kier alpha value is -1.91. The molecule has 5 heteroatoms. The fourth-order valence-corrected chi connectivity index (χ4v) is 3.75. The van der Waals surface area contributed by atoms with Crippen molar-refractivity contribution in [3.8, 4) is 11.1 Å². The number of nitrogens with one attached hydrogen (secondary N) is 1. The van der Waals surface area contributed by atoms with E-state index in [0.29, 0.717) is 24.2 Å². The lowest BCUT2D eigenvalue weighted by Crippen LogP contribution is -2.45. The number of piperidine rings is 1. The van der Waals surface area contributed by atoms with Crippen LogP contribution >= 0.6 is 11.6 Å². The second kappa shape index (κ2) is 7.99. The Morgan fingerprint density at radius 3 is 2.33 bits per heavy atom. The van der Waals surface area contributed by atoms with Crippen molar-refractivity contribution in [2.45, 2.75) is 31.7 Å². The maximum atomic E-state index is 14.6. The van der Waals surface area contributed by atoms with Crippen LogP contribution in [0.1, 0.15) is 36.0 Å². The molecule has 1 aliphatic carbocycles. The largest absolute Gasteiger partial charge is 0.338 e. The Kier molecular flexibility index (Phi) is 5.46. The van der Waals surface area contributed by atoms with E-state index >= 15 is 0 Å². The molecule has 0 spiro atoms. The van der Waals surface area contributed by atoms with Gasteiger partial charge in [0.15, 0.2) is 0 Å². The predicted molar refractivity (Wildman–Crippen MR) is 106 cm³/mol. The van der Waals surface area contributed by atoms with Crippen LogP contribution in [-0.4, -0.2) is 36.5 Å². The zero-order valence-electron chi connectivity index (χ0n) is 15.3. The summed E-state index contributed by atoms with van der Waals surface area (Å²) in [6.45, 7) is 2.46. The van der Waals surface area contributed by atoms with E-state index in [-0.39, 0.29) is 11.5 Å². The minimum Gasteiger partial charge on any atom is -0.338 e. The second-order valence-electron chi connectivity index (χ2n) is 7.62. The molecule has 4 rings (SSSR count). The van der Waals surface area contributed by atoms with Crippen LogP contribution < -0.4 is 5.32 Å². The lowest BCUT2D eigenvalue weighted by molar-refractivity contribution is 0.0700. The zero-order chi connectivity index (χ0) is 18.8. The highest BCUT2D eigenvalue weighted by Crippen LogP contribution is 2.28. The minimum atomic E-state index is -0.471. The van der Waals surface area contributed by atoms with Gasteiger partial charge in [-0.2, -0.15) is 0 Å². The highest BCUT2D eigenvalue weighted by Gasteiger charge is 2.27. The molecule has 1 heterocycles. The van der Waals surface area contributed by atoms with Crippen LogP contribution in [0.4, 0.5) is 4.39 Å². The predicted octanol–water partition coefficient (Wildman–Crippen LogP) is 4.75. The summed E-state index contributed by atoms with van der Waals surface area (Å²) < 4.78 is 14.6. The van der Waals surface area contributed by atoms with Gasteiger partial charge in [-0.1, -0.05) is 29.8 Å². The average Bonchev–Trinajstić information content (AvgIpc) is 3.51. The molecule has 27 heavy (non-hydrogen) atoms. The molecule has 0 aromatic heterocycles. The van der Waals surface area contributed by atoms with Crippen LogP contribution in [0.5, 0.6) is 0 Å². The molecule has 1 N–H and O–H groups in total. The number of rotatable bonds is 5. The SMILES string of the molecule is O=C(c1ccc(-c2ccc(Cl)cc2)cc1F)N1CCC(NCC2CC2)CC1. The molecule has 1 saturated heterocycles. The Labute approximate surface area is 164 Å². The number of likely N-dealkylation sites (tertiary alicyclic amines) is 1. The van der Waals surface area contributed by atoms with Crippen LogP contribution in [0.2, 0.25) is 5.02 Å². The highest BCUT2D eigenvalue weighted by atomic mass is 35.5. The summed E-state index contributed by atoms with van der Waals surface area (Å²) in [7, 11) is 0. The standard InChI is InChI=1S/C22H24ClFN2O/c23-18-6-3-16(4-7-18)17-5-8-20(21(24)13-17)22(27)26-11-9-19(10-12-26)25-14-15-1-2-15/h3-8,13,15,19,25H,1-2,9-12,14H2. The van der Waals surface area contributed by atoms with Crippen LogP contribution in [0.25, 0.3) is 11.1 Å². The summed E-state index contributed by atoms with van der Waals surface area (Å²) in [5.74, 6) is 0.176. The van der Waals surface area contributed by atoms with E-state index in [2.05, 4.69) is 5.32 Å². The van der Waals surface area contributed by atoms with Crippen LogP contribution in [0.15, 0.2) is 42.5 Å². The summed E-state index contributed by atoms with van der Waals surface area (Å²) in [4.78, 5) is 14.5. The lowest BCUT2D eigenvalue weighted by Gasteiger charge is -2.32. The van der Waals surface area contributed by atoms with Gasteiger partial charge in [0, 0.05) is 24.2 Å². The first-order chi connectivity index (χ1) is 13.1. The summed E-state index contributed by atoms with van der Waals surface area (Å²) in [5, 5.41) is 4.24. The quantitative estimate of drug-likeness (QED) is 0.804. The maximum Gasteiger partial charge on any atom is 0.256 e. The van der Waals surface area contributed by atoms with Crippen molar-refractivity contribution in [3.63, 3.8) is 0 Å². The number of halogens is 2. The maximum absolute atomic E-state index is 14.6. The molecule has 0 atom stereocenters. The number of nitrogens with zero attached hydrogens (tertiary/aromatic N) is 1. The minimum absolute atomic E-state index is 0.150. The van der Waals surface area contributed by atoms with E-state index in [4.69, 9.17) is 11.6 Å². The summed E-state index contributed by atoms with van der Waals surface area (Å²) in [6.07, 6.45) is 4.55. The van der Waals surface area contributed by atoms with Crippen molar-refractivity contribution in [3.05, 3.63) is 58.9 Å². The number of hydrogen-bond acceptors (Lipinski definition) is 2. The third-order valence-electron chi connectivity index (χ3n) is 5.55. The molecule has 0 bridgehead atoms. The Morgan fingerprint density at radius 2 is 1.70 bits per heavy atom. The fourth-order valence-electron chi connectivity index (χ4n) is 3.62. The number of carbonyl (C=O) groups excluding carboxylic acids is 1. The van der Waals surface area contributed by atoms with Gasteiger partial charge in [-0.3, -0.25) is 4.79 Å². The molecule has 142 valence electrons. The van der Waals surface area contributed by atoms with Gasteiger partial charge in [0.25, 0.3) is 5.91 Å². The highest BCUT2D eigenvalue weighted by molar-refractivity contribution is 6.30. The van der Waals surface area contributed by atoms with Gasteiger partial charge in [0.05, 0.1) is 5.56 Å². The first kappa shape index (κ1) is 18.5. The monoisotopic (exact) mass is 386 g/mol. The average molecular weight is 387 g/mol. The van der Waals surface area contributed by atoms with E-state index in [1.807, 2.05) is 12.1 Å². The molecule has 1 amide bonds. The van der Waals surface area contributed by atoms with Gasteiger partial charge >= 0.3 is 0 Å². The summed E-state index contributed by atoms with van der Waals surface area (Å²) >= 11 is 5.90. The van der Waals surface area contributed by atoms with Gasteiger partial charge in [-0.05, 0) is 73.5 Å². The van der Waals surface area contributed by atoms with E-state index in [1.54, 1.807) is 29.2 Å². The van der Waals surface area contributed by atoms with Gasteiger partial charge in [0.1, 0.15) is 5.82 Å². The van der Waals surface area contributed by atoms with Crippen molar-refractivity contribution >= 4 is 17.5 Å². The van der Waals surface area contributed by atoms with Crippen molar-refractivity contribution in [1.29, 1.82) is 0 Å². The zero-order valence-corrected chi connectivity index (χ0v) is 16.0. The van der Waals surface area contributed by atoms with E-state index in [1.165, 1.54) is 18.9 Å². The number of carbonyl (C=O) groups is 1. The molecule has 2 aromatic rings. The van der Waals surface area contributed by atoms with E-state index < -0.39 is 5.82 Å². The first-order valence-corrected chi connectivity index (χ1v) is 10.1. The number of hydrogen-bond donors (Lipinski definition) is 1. The Bertz CT molecular complexity index is 812. The lowest BCUT2D eigenvalue weighted by atomic mass is 10.0. The molecule has 3 nitrogen and oxygen atoms in total. The number of benzene rings is 2. The van der Waals surface area contributed by atoms with Crippen molar-refractivity contribution in [2.24, 2.45) is 5.92 Å². The normalized spacial score (nSPS) is 17.9. The molecule has 1 aliphatic heterocycles. The van der Waals surface area contributed by atoms with E-state index in [9.17, 15) is 9.18 Å². The molecule has 1 saturated carbocycles. The van der Waals surface area contributed by atoms with Gasteiger partial charge in [0.2, 0.25) is 0 Å². The summed E-state index contributed by atoms with van der Waals surface area (Å²) in [6, 6.07) is 12.5. The number of amides is 1. The Morgan fingerprint density at radius 1 is 1.04 bits per heavy atom. The molecule has 0 unspecified atom stereocenters. The first-order valence-electron chi connectivity index (χ1n) is 9.68. The van der Waals surface area contributed by atoms with Gasteiger partial charge in [-0.15, -0.1) is 0 Å². The topological polar surface area (TPSA) is 32.3 Å². The molecule has 0 radical (unpaired) electrons. The molecule has 2 aliphatic rings. The van der Waals surface area contributed by atoms with Crippen molar-refractivity contribution in [1.82, 2.24) is 10.2 Å². The molecular formula is C22H24ClFN2O.